The number of thiophene rings is 1. The quantitative estimate of drug-likeness (QED) is 0.798. The maximum absolute atomic E-state index is 6.12. The Hall–Kier alpha value is -2.05. The summed E-state index contributed by atoms with van der Waals surface area (Å²) in [6.45, 7) is 2.07. The summed E-state index contributed by atoms with van der Waals surface area (Å²) in [4.78, 5) is 9.72. The minimum absolute atomic E-state index is 0.384. The van der Waals surface area contributed by atoms with Crippen LogP contribution in [0.5, 0.6) is 0 Å². The molecule has 102 valence electrons. The van der Waals surface area contributed by atoms with E-state index in [0.717, 1.165) is 22.6 Å². The number of aryl methyl sites for hydroxylation is 1. The zero-order valence-electron chi connectivity index (χ0n) is 11.0. The van der Waals surface area contributed by atoms with Crippen molar-refractivity contribution < 1.29 is 4.52 Å². The molecule has 3 aromatic rings. The lowest BCUT2D eigenvalue weighted by atomic mass is 10.1. The highest BCUT2D eigenvalue weighted by atomic mass is 32.1. The van der Waals surface area contributed by atoms with Gasteiger partial charge in [0.1, 0.15) is 11.7 Å². The van der Waals surface area contributed by atoms with E-state index in [2.05, 4.69) is 22.0 Å². The van der Waals surface area contributed by atoms with Gasteiger partial charge < -0.3 is 10.3 Å². The molecule has 3 rings (SSSR count). The SMILES string of the molecule is CCc1cccnc1-c1noc(C(N)c2cccs2)n1. The molecule has 0 saturated heterocycles. The summed E-state index contributed by atoms with van der Waals surface area (Å²) in [5, 5.41) is 5.97. The van der Waals surface area contributed by atoms with Crippen molar-refractivity contribution in [2.45, 2.75) is 19.4 Å². The molecule has 6 heteroatoms. The summed E-state index contributed by atoms with van der Waals surface area (Å²) < 4.78 is 5.28. The van der Waals surface area contributed by atoms with Gasteiger partial charge in [0.25, 0.3) is 0 Å². The predicted octanol–water partition coefficient (Wildman–Crippen LogP) is 2.80. The molecule has 0 fully saturated rings. The van der Waals surface area contributed by atoms with E-state index in [9.17, 15) is 0 Å². The van der Waals surface area contributed by atoms with Gasteiger partial charge in [-0.25, -0.2) is 0 Å². The fraction of sp³-hybridized carbons (Fsp3) is 0.214. The van der Waals surface area contributed by atoms with Crippen molar-refractivity contribution in [3.8, 4) is 11.5 Å². The molecule has 5 nitrogen and oxygen atoms in total. The van der Waals surface area contributed by atoms with E-state index in [1.165, 1.54) is 0 Å². The van der Waals surface area contributed by atoms with Crippen LogP contribution in [-0.2, 0) is 6.42 Å². The van der Waals surface area contributed by atoms with Crippen LogP contribution in [0.3, 0.4) is 0 Å². The maximum atomic E-state index is 6.12. The lowest BCUT2D eigenvalue weighted by molar-refractivity contribution is 0.368. The van der Waals surface area contributed by atoms with Gasteiger partial charge in [-0.2, -0.15) is 4.98 Å². The number of hydrogen-bond donors (Lipinski definition) is 1. The summed E-state index contributed by atoms with van der Waals surface area (Å²) in [6.07, 6.45) is 2.59. The highest BCUT2D eigenvalue weighted by molar-refractivity contribution is 7.10. The minimum atomic E-state index is -0.384. The Morgan fingerprint density at radius 2 is 2.25 bits per heavy atom. The molecule has 0 amide bonds. The van der Waals surface area contributed by atoms with Crippen LogP contribution in [0.15, 0.2) is 40.4 Å². The Bertz CT molecular complexity index is 693. The third-order valence-corrected chi connectivity index (χ3v) is 4.00. The fourth-order valence-electron chi connectivity index (χ4n) is 1.97. The first-order chi connectivity index (χ1) is 9.79. The van der Waals surface area contributed by atoms with Crippen molar-refractivity contribution in [1.82, 2.24) is 15.1 Å². The largest absolute Gasteiger partial charge is 0.337 e. The van der Waals surface area contributed by atoms with Crippen LogP contribution >= 0.6 is 11.3 Å². The van der Waals surface area contributed by atoms with E-state index in [4.69, 9.17) is 10.3 Å². The molecular weight excluding hydrogens is 272 g/mol. The highest BCUT2D eigenvalue weighted by Gasteiger charge is 2.19. The average Bonchev–Trinajstić information content (AvgIpc) is 3.18. The van der Waals surface area contributed by atoms with Gasteiger partial charge in [0, 0.05) is 11.1 Å². The van der Waals surface area contributed by atoms with Crippen LogP contribution in [-0.4, -0.2) is 15.1 Å². The van der Waals surface area contributed by atoms with Crippen molar-refractivity contribution in [2.24, 2.45) is 5.73 Å². The van der Waals surface area contributed by atoms with Crippen LogP contribution < -0.4 is 5.73 Å². The molecule has 0 bridgehead atoms. The van der Waals surface area contributed by atoms with Gasteiger partial charge in [-0.05, 0) is 29.5 Å². The van der Waals surface area contributed by atoms with E-state index >= 15 is 0 Å². The number of hydrogen-bond acceptors (Lipinski definition) is 6. The first-order valence-corrected chi connectivity index (χ1v) is 7.24. The molecule has 0 aliphatic heterocycles. The van der Waals surface area contributed by atoms with Gasteiger partial charge in [0.15, 0.2) is 0 Å². The third-order valence-electron chi connectivity index (χ3n) is 3.04. The summed E-state index contributed by atoms with van der Waals surface area (Å²) in [6, 6.07) is 7.44. The molecule has 0 aromatic carbocycles. The lowest BCUT2D eigenvalue weighted by Crippen LogP contribution is -2.10. The number of nitrogens with two attached hydrogens (primary N) is 1. The minimum Gasteiger partial charge on any atom is -0.337 e. The molecule has 3 aromatic heterocycles. The number of rotatable bonds is 4. The number of aromatic nitrogens is 3. The van der Waals surface area contributed by atoms with Gasteiger partial charge in [-0.15, -0.1) is 11.3 Å². The summed E-state index contributed by atoms with van der Waals surface area (Å²) >= 11 is 1.57. The van der Waals surface area contributed by atoms with E-state index in [-0.39, 0.29) is 6.04 Å². The smallest absolute Gasteiger partial charge is 0.249 e. The molecule has 0 spiro atoms. The molecular formula is C14H14N4OS. The molecule has 2 N–H and O–H groups in total. The second-order valence-corrected chi connectivity index (χ2v) is 5.29. The third kappa shape index (κ3) is 2.35. The topological polar surface area (TPSA) is 77.8 Å². The first-order valence-electron chi connectivity index (χ1n) is 6.36. The van der Waals surface area contributed by atoms with E-state index in [0.29, 0.717) is 11.7 Å². The lowest BCUT2D eigenvalue weighted by Gasteiger charge is -2.02. The van der Waals surface area contributed by atoms with Crippen molar-refractivity contribution in [1.29, 1.82) is 0 Å². The zero-order chi connectivity index (χ0) is 13.9. The van der Waals surface area contributed by atoms with E-state index in [1.807, 2.05) is 29.6 Å². The predicted molar refractivity (Wildman–Crippen MR) is 77.3 cm³/mol. The fourth-order valence-corrected chi connectivity index (χ4v) is 2.69. The van der Waals surface area contributed by atoms with Crippen LogP contribution in [0.1, 0.15) is 29.3 Å². The van der Waals surface area contributed by atoms with Crippen molar-refractivity contribution in [2.75, 3.05) is 0 Å². The van der Waals surface area contributed by atoms with Gasteiger partial charge in [-0.3, -0.25) is 4.98 Å². The molecule has 1 unspecified atom stereocenters. The van der Waals surface area contributed by atoms with Crippen molar-refractivity contribution >= 4 is 11.3 Å². The van der Waals surface area contributed by atoms with Crippen molar-refractivity contribution in [3.63, 3.8) is 0 Å². The second kappa shape index (κ2) is 5.52. The average molecular weight is 286 g/mol. The number of pyridine rings is 1. The first kappa shape index (κ1) is 13.0. The summed E-state index contributed by atoms with van der Waals surface area (Å²) in [5.41, 5.74) is 7.96. The van der Waals surface area contributed by atoms with Crippen LogP contribution in [0, 0.1) is 0 Å². The maximum Gasteiger partial charge on any atom is 0.249 e. The van der Waals surface area contributed by atoms with E-state index < -0.39 is 0 Å². The Kier molecular flexibility index (Phi) is 3.58. The Morgan fingerprint density at radius 3 is 3.00 bits per heavy atom. The number of nitrogens with zero attached hydrogens (tertiary/aromatic N) is 3. The monoisotopic (exact) mass is 286 g/mol. The van der Waals surface area contributed by atoms with Gasteiger partial charge in [-0.1, -0.05) is 24.2 Å². The Labute approximate surface area is 120 Å². The zero-order valence-corrected chi connectivity index (χ0v) is 11.8. The molecule has 0 aliphatic rings. The summed E-state index contributed by atoms with van der Waals surface area (Å²) in [7, 11) is 0. The van der Waals surface area contributed by atoms with Crippen LogP contribution in [0.2, 0.25) is 0 Å². The van der Waals surface area contributed by atoms with Crippen LogP contribution in [0.25, 0.3) is 11.5 Å². The second-order valence-electron chi connectivity index (χ2n) is 4.31. The molecule has 0 aliphatic carbocycles. The molecule has 20 heavy (non-hydrogen) atoms. The van der Waals surface area contributed by atoms with Gasteiger partial charge >= 0.3 is 0 Å². The standard InChI is InChI=1S/C14H14N4OS/c1-2-9-5-3-7-16-12(9)13-17-14(19-18-13)11(15)10-6-4-8-20-10/h3-8,11H,2,15H2,1H3. The molecule has 1 atom stereocenters. The van der Waals surface area contributed by atoms with Crippen LogP contribution in [0.4, 0.5) is 0 Å². The summed E-state index contributed by atoms with van der Waals surface area (Å²) in [5.74, 6) is 0.902. The normalized spacial score (nSPS) is 12.5. The van der Waals surface area contributed by atoms with Crippen molar-refractivity contribution in [3.05, 3.63) is 52.2 Å². The van der Waals surface area contributed by atoms with E-state index in [1.54, 1.807) is 17.5 Å². The molecule has 0 saturated carbocycles. The Morgan fingerprint density at radius 1 is 1.35 bits per heavy atom. The van der Waals surface area contributed by atoms with Gasteiger partial charge in [0.05, 0.1) is 0 Å². The Balaban J connectivity index is 1.94. The molecule has 0 radical (unpaired) electrons. The van der Waals surface area contributed by atoms with Gasteiger partial charge in [0.2, 0.25) is 11.7 Å². The highest BCUT2D eigenvalue weighted by Crippen LogP contribution is 2.25. The molecule has 3 heterocycles.